The number of halogens is 1. The van der Waals surface area contributed by atoms with E-state index >= 15 is 0 Å². The summed E-state index contributed by atoms with van der Waals surface area (Å²) in [7, 11) is 1.63. The van der Waals surface area contributed by atoms with Crippen LogP contribution in [0.15, 0.2) is 51.6 Å². The molecule has 1 aromatic carbocycles. The lowest BCUT2D eigenvalue weighted by Gasteiger charge is -2.11. The van der Waals surface area contributed by atoms with E-state index in [9.17, 15) is 0 Å². The van der Waals surface area contributed by atoms with Crippen LogP contribution in [0.25, 0.3) is 0 Å². The highest BCUT2D eigenvalue weighted by molar-refractivity contribution is 9.10. The van der Waals surface area contributed by atoms with E-state index in [0.29, 0.717) is 0 Å². The van der Waals surface area contributed by atoms with Crippen LogP contribution in [0.4, 0.5) is 0 Å². The lowest BCUT2D eigenvalue weighted by molar-refractivity contribution is 0.0505. The maximum atomic E-state index is 5.62. The number of allylic oxidation sites excluding steroid dienone is 6. The van der Waals surface area contributed by atoms with Crippen molar-refractivity contribution in [3.8, 4) is 5.75 Å². The first-order valence-corrected chi connectivity index (χ1v) is 10.5. The molecule has 0 N–H and O–H groups in total. The van der Waals surface area contributed by atoms with E-state index in [1.807, 2.05) is 0 Å². The molecule has 0 saturated carbocycles. The summed E-state index contributed by atoms with van der Waals surface area (Å²) < 4.78 is 11.6. The summed E-state index contributed by atoms with van der Waals surface area (Å²) in [5, 5.41) is 0. The molecule has 0 saturated heterocycles. The third-order valence-corrected chi connectivity index (χ3v) is 5.14. The fourth-order valence-electron chi connectivity index (χ4n) is 2.77. The second-order valence-corrected chi connectivity index (χ2v) is 8.28. The zero-order chi connectivity index (χ0) is 20.2. The van der Waals surface area contributed by atoms with Gasteiger partial charge < -0.3 is 9.47 Å². The number of benzene rings is 1. The van der Waals surface area contributed by atoms with Gasteiger partial charge in [0.1, 0.15) is 5.75 Å². The SMILES string of the molecule is COCOc1cc(C/C=C(/C)CC/C=C(\C)CCC=C(C)C)c(C)cc1Br. The minimum Gasteiger partial charge on any atom is -0.466 e. The Morgan fingerprint density at radius 1 is 0.963 bits per heavy atom. The molecule has 0 heterocycles. The standard InChI is InChI=1S/C24H35BrO2/c1-18(2)9-7-10-19(3)11-8-12-20(4)13-14-22-16-24(27-17-26-6)23(25)15-21(22)5/h9,11,13,15-16H,7-8,10,12,14,17H2,1-6H3/b19-11+,20-13-. The third kappa shape index (κ3) is 9.97. The average Bonchev–Trinajstić information content (AvgIpc) is 2.59. The predicted octanol–water partition coefficient (Wildman–Crippen LogP) is 7.70. The summed E-state index contributed by atoms with van der Waals surface area (Å²) >= 11 is 3.56. The Hall–Kier alpha value is -1.32. The molecule has 0 unspecified atom stereocenters. The molecule has 0 atom stereocenters. The fourth-order valence-corrected chi connectivity index (χ4v) is 3.34. The normalized spacial score (nSPS) is 12.3. The molecule has 1 aromatic rings. The molecule has 0 bridgehead atoms. The summed E-state index contributed by atoms with van der Waals surface area (Å²) in [5.74, 6) is 0.832. The zero-order valence-electron chi connectivity index (χ0n) is 17.8. The van der Waals surface area contributed by atoms with E-state index in [4.69, 9.17) is 9.47 Å². The summed E-state index contributed by atoms with van der Waals surface area (Å²) in [5.41, 5.74) is 6.89. The summed E-state index contributed by atoms with van der Waals surface area (Å²) in [6.45, 7) is 11.2. The van der Waals surface area contributed by atoms with Gasteiger partial charge in [0.25, 0.3) is 0 Å². The van der Waals surface area contributed by atoms with Crippen LogP contribution in [0.5, 0.6) is 5.75 Å². The minimum atomic E-state index is 0.259. The van der Waals surface area contributed by atoms with Crippen LogP contribution in [-0.4, -0.2) is 13.9 Å². The monoisotopic (exact) mass is 434 g/mol. The molecular weight excluding hydrogens is 400 g/mol. The van der Waals surface area contributed by atoms with Crippen molar-refractivity contribution in [3.05, 3.63) is 62.7 Å². The molecule has 0 aliphatic heterocycles. The molecule has 0 spiro atoms. The van der Waals surface area contributed by atoms with E-state index in [2.05, 4.69) is 80.9 Å². The van der Waals surface area contributed by atoms with E-state index in [-0.39, 0.29) is 6.79 Å². The Balaban J connectivity index is 2.57. The largest absolute Gasteiger partial charge is 0.466 e. The van der Waals surface area contributed by atoms with Crippen LogP contribution < -0.4 is 4.74 Å². The Kier molecular flexibility index (Phi) is 11.4. The molecule has 0 aliphatic rings. The van der Waals surface area contributed by atoms with E-state index in [1.165, 1.54) is 27.8 Å². The number of hydrogen-bond acceptors (Lipinski definition) is 2. The second-order valence-electron chi connectivity index (χ2n) is 7.42. The van der Waals surface area contributed by atoms with Crippen molar-refractivity contribution < 1.29 is 9.47 Å². The molecule has 3 heteroatoms. The van der Waals surface area contributed by atoms with Crippen molar-refractivity contribution in [2.24, 2.45) is 0 Å². The molecule has 0 radical (unpaired) electrons. The van der Waals surface area contributed by atoms with Gasteiger partial charge >= 0.3 is 0 Å². The predicted molar refractivity (Wildman–Crippen MR) is 121 cm³/mol. The average molecular weight is 435 g/mol. The first-order chi connectivity index (χ1) is 12.8. The molecule has 2 nitrogen and oxygen atoms in total. The summed E-state index contributed by atoms with van der Waals surface area (Å²) in [4.78, 5) is 0. The van der Waals surface area contributed by atoms with Crippen LogP contribution in [0.3, 0.4) is 0 Å². The van der Waals surface area contributed by atoms with E-state index < -0.39 is 0 Å². The van der Waals surface area contributed by atoms with Crippen molar-refractivity contribution in [3.63, 3.8) is 0 Å². The number of aryl methyl sites for hydroxylation is 1. The Bertz CT molecular complexity index is 680. The van der Waals surface area contributed by atoms with Gasteiger partial charge in [-0.05, 0) is 106 Å². The number of ether oxygens (including phenoxy) is 2. The number of hydrogen-bond donors (Lipinski definition) is 0. The zero-order valence-corrected chi connectivity index (χ0v) is 19.4. The van der Waals surface area contributed by atoms with Crippen molar-refractivity contribution in [1.82, 2.24) is 0 Å². The maximum absolute atomic E-state index is 5.62. The highest BCUT2D eigenvalue weighted by Gasteiger charge is 2.06. The fraction of sp³-hybridized carbons (Fsp3) is 0.500. The van der Waals surface area contributed by atoms with Crippen LogP contribution in [0.2, 0.25) is 0 Å². The first-order valence-electron chi connectivity index (χ1n) is 9.68. The van der Waals surface area contributed by atoms with Crippen molar-refractivity contribution in [2.75, 3.05) is 13.9 Å². The topological polar surface area (TPSA) is 18.5 Å². The molecule has 0 aliphatic carbocycles. The smallest absolute Gasteiger partial charge is 0.188 e. The molecule has 0 fully saturated rings. The Labute approximate surface area is 174 Å². The number of methoxy groups -OCH3 is 1. The minimum absolute atomic E-state index is 0.259. The lowest BCUT2D eigenvalue weighted by atomic mass is 10.0. The molecule has 0 aromatic heterocycles. The third-order valence-electron chi connectivity index (χ3n) is 4.52. The highest BCUT2D eigenvalue weighted by atomic mass is 79.9. The Morgan fingerprint density at radius 2 is 1.59 bits per heavy atom. The van der Waals surface area contributed by atoms with Gasteiger partial charge in [-0.3, -0.25) is 0 Å². The quantitative estimate of drug-likeness (QED) is 0.262. The maximum Gasteiger partial charge on any atom is 0.188 e. The molecule has 150 valence electrons. The van der Waals surface area contributed by atoms with E-state index in [1.54, 1.807) is 7.11 Å². The van der Waals surface area contributed by atoms with Crippen LogP contribution in [0, 0.1) is 6.92 Å². The van der Waals surface area contributed by atoms with Gasteiger partial charge in [-0.1, -0.05) is 34.9 Å². The summed E-state index contributed by atoms with van der Waals surface area (Å²) in [6, 6.07) is 4.22. The van der Waals surface area contributed by atoms with Crippen LogP contribution in [-0.2, 0) is 11.2 Å². The number of rotatable bonds is 11. The molecule has 1 rings (SSSR count). The highest BCUT2D eigenvalue weighted by Crippen LogP contribution is 2.29. The van der Waals surface area contributed by atoms with Gasteiger partial charge in [-0.2, -0.15) is 0 Å². The van der Waals surface area contributed by atoms with Gasteiger partial charge in [-0.15, -0.1) is 0 Å². The van der Waals surface area contributed by atoms with Crippen LogP contribution >= 0.6 is 15.9 Å². The van der Waals surface area contributed by atoms with Gasteiger partial charge in [0, 0.05) is 7.11 Å². The van der Waals surface area contributed by atoms with E-state index in [0.717, 1.165) is 42.3 Å². The van der Waals surface area contributed by atoms with Crippen LogP contribution in [0.1, 0.15) is 64.5 Å². The van der Waals surface area contributed by atoms with Gasteiger partial charge in [0.15, 0.2) is 6.79 Å². The lowest BCUT2D eigenvalue weighted by Crippen LogP contribution is -2.01. The van der Waals surface area contributed by atoms with Gasteiger partial charge in [0.05, 0.1) is 4.47 Å². The van der Waals surface area contributed by atoms with Gasteiger partial charge in [0.2, 0.25) is 0 Å². The van der Waals surface area contributed by atoms with Gasteiger partial charge in [-0.25, -0.2) is 0 Å². The molecular formula is C24H35BrO2. The molecule has 0 amide bonds. The van der Waals surface area contributed by atoms with Crippen molar-refractivity contribution in [1.29, 1.82) is 0 Å². The van der Waals surface area contributed by atoms with Crippen molar-refractivity contribution in [2.45, 2.75) is 66.7 Å². The second kappa shape index (κ2) is 13.0. The Morgan fingerprint density at radius 3 is 2.22 bits per heavy atom. The van der Waals surface area contributed by atoms with Crippen molar-refractivity contribution >= 4 is 15.9 Å². The summed E-state index contributed by atoms with van der Waals surface area (Å²) in [6.07, 6.45) is 12.5. The first kappa shape index (κ1) is 23.7. The molecule has 27 heavy (non-hydrogen) atoms.